The zero-order valence-corrected chi connectivity index (χ0v) is 23.2. The SMILES string of the molecule is CCc1cn(-c2ccc(C)nn2)c2ccc(N(CC(=O)OC(C)(C)C)Sc3cc(Cl)cc(Cl)c3)cc12. The third kappa shape index (κ3) is 6.33. The van der Waals surface area contributed by atoms with Gasteiger partial charge in [-0.1, -0.05) is 30.1 Å². The van der Waals surface area contributed by atoms with Crippen LogP contribution in [0.2, 0.25) is 10.0 Å². The van der Waals surface area contributed by atoms with E-state index < -0.39 is 5.60 Å². The average molecular weight is 544 g/mol. The molecule has 0 unspecified atom stereocenters. The van der Waals surface area contributed by atoms with Gasteiger partial charge in [-0.15, -0.1) is 5.10 Å². The fraction of sp³-hybridized carbons (Fsp3) is 0.296. The number of anilines is 1. The van der Waals surface area contributed by atoms with E-state index in [1.54, 1.807) is 6.07 Å². The Labute approximate surface area is 225 Å². The molecule has 0 aliphatic heterocycles. The largest absolute Gasteiger partial charge is 0.459 e. The number of fused-ring (bicyclic) bond motifs is 1. The second-order valence-corrected chi connectivity index (χ2v) is 11.4. The number of carbonyl (C=O) groups excluding carboxylic acids is 1. The van der Waals surface area contributed by atoms with Crippen LogP contribution >= 0.6 is 35.1 Å². The normalized spacial score (nSPS) is 11.6. The van der Waals surface area contributed by atoms with Crippen molar-refractivity contribution in [3.8, 4) is 5.82 Å². The summed E-state index contributed by atoms with van der Waals surface area (Å²) in [5.41, 5.74) is 3.32. The van der Waals surface area contributed by atoms with Gasteiger partial charge in [-0.25, -0.2) is 0 Å². The lowest BCUT2D eigenvalue weighted by atomic mass is 10.1. The van der Waals surface area contributed by atoms with Crippen LogP contribution in [0.25, 0.3) is 16.7 Å². The lowest BCUT2D eigenvalue weighted by Crippen LogP contribution is -2.31. The van der Waals surface area contributed by atoms with Crippen LogP contribution in [-0.4, -0.2) is 32.9 Å². The van der Waals surface area contributed by atoms with E-state index in [1.165, 1.54) is 17.5 Å². The minimum absolute atomic E-state index is 0.0448. The van der Waals surface area contributed by atoms with Gasteiger partial charge in [0.05, 0.1) is 11.2 Å². The minimum atomic E-state index is -0.585. The Morgan fingerprint density at radius 1 is 1.06 bits per heavy atom. The summed E-state index contributed by atoms with van der Waals surface area (Å²) >= 11 is 13.9. The third-order valence-corrected chi connectivity index (χ3v) is 6.76. The topological polar surface area (TPSA) is 60.2 Å². The number of benzene rings is 2. The first-order valence-corrected chi connectivity index (χ1v) is 13.1. The summed E-state index contributed by atoms with van der Waals surface area (Å²) in [5.74, 6) is 0.429. The van der Waals surface area contributed by atoms with Crippen molar-refractivity contribution in [1.29, 1.82) is 0 Å². The molecule has 4 aromatic rings. The Balaban J connectivity index is 1.75. The molecule has 2 aromatic carbocycles. The molecule has 0 atom stereocenters. The molecule has 0 fully saturated rings. The van der Waals surface area contributed by atoms with Crippen LogP contribution in [0, 0.1) is 6.92 Å². The average Bonchev–Trinajstić information content (AvgIpc) is 3.15. The monoisotopic (exact) mass is 542 g/mol. The van der Waals surface area contributed by atoms with Crippen molar-refractivity contribution in [2.45, 2.75) is 51.5 Å². The summed E-state index contributed by atoms with van der Waals surface area (Å²) in [4.78, 5) is 13.6. The number of hydrogen-bond donors (Lipinski definition) is 0. The molecule has 0 radical (unpaired) electrons. The first-order chi connectivity index (χ1) is 17.0. The van der Waals surface area contributed by atoms with Crippen LogP contribution < -0.4 is 4.31 Å². The van der Waals surface area contributed by atoms with Gasteiger partial charge in [0.25, 0.3) is 0 Å². The zero-order valence-electron chi connectivity index (χ0n) is 20.9. The summed E-state index contributed by atoms with van der Waals surface area (Å²) in [6.45, 7) is 9.65. The van der Waals surface area contributed by atoms with E-state index in [4.69, 9.17) is 27.9 Å². The predicted octanol–water partition coefficient (Wildman–Crippen LogP) is 7.45. The van der Waals surface area contributed by atoms with Crippen molar-refractivity contribution >= 4 is 57.7 Å². The maximum absolute atomic E-state index is 12.8. The highest BCUT2D eigenvalue weighted by atomic mass is 35.5. The molecule has 0 bridgehead atoms. The lowest BCUT2D eigenvalue weighted by molar-refractivity contribution is -0.152. The van der Waals surface area contributed by atoms with Crippen molar-refractivity contribution in [1.82, 2.24) is 14.8 Å². The summed E-state index contributed by atoms with van der Waals surface area (Å²) in [6, 6.07) is 15.4. The van der Waals surface area contributed by atoms with Gasteiger partial charge in [-0.05, 0) is 100 Å². The van der Waals surface area contributed by atoms with Crippen molar-refractivity contribution < 1.29 is 9.53 Å². The molecule has 2 heterocycles. The van der Waals surface area contributed by atoms with E-state index in [-0.39, 0.29) is 12.5 Å². The molecule has 6 nitrogen and oxygen atoms in total. The number of nitrogens with zero attached hydrogens (tertiary/aromatic N) is 4. The van der Waals surface area contributed by atoms with Gasteiger partial charge in [-0.2, -0.15) is 5.10 Å². The Kier molecular flexibility index (Phi) is 7.83. The van der Waals surface area contributed by atoms with Gasteiger partial charge < -0.3 is 9.04 Å². The number of aryl methyl sites for hydroxylation is 2. The van der Waals surface area contributed by atoms with Crippen LogP contribution in [0.3, 0.4) is 0 Å². The standard InChI is InChI=1S/C27H28Cl2N4O2S/c1-6-18-15-32(25-10-7-17(2)30-31-25)24-9-8-21(14-23(18)24)33(16-26(34)35-27(3,4)5)36-22-12-19(28)11-20(29)13-22/h7-15H,6,16H2,1-5H3. The van der Waals surface area contributed by atoms with Crippen molar-refractivity contribution in [3.63, 3.8) is 0 Å². The van der Waals surface area contributed by atoms with Crippen LogP contribution in [0.4, 0.5) is 5.69 Å². The summed E-state index contributed by atoms with van der Waals surface area (Å²) < 4.78 is 9.56. The highest BCUT2D eigenvalue weighted by Gasteiger charge is 2.22. The number of halogens is 2. The number of esters is 1. The number of aromatic nitrogens is 3. The molecule has 0 saturated carbocycles. The number of ether oxygens (including phenoxy) is 1. The van der Waals surface area contributed by atoms with E-state index in [0.717, 1.165) is 39.4 Å². The summed E-state index contributed by atoms with van der Waals surface area (Å²) in [7, 11) is 0. The predicted molar refractivity (Wildman–Crippen MR) is 148 cm³/mol. The van der Waals surface area contributed by atoms with Gasteiger partial charge in [0, 0.05) is 32.2 Å². The molecule has 0 aliphatic rings. The molecular formula is C27H28Cl2N4O2S. The maximum atomic E-state index is 12.8. The smallest absolute Gasteiger partial charge is 0.327 e. The maximum Gasteiger partial charge on any atom is 0.327 e. The van der Waals surface area contributed by atoms with Crippen molar-refractivity contribution in [3.05, 3.63) is 76.0 Å². The first kappa shape index (κ1) is 26.3. The van der Waals surface area contributed by atoms with E-state index in [2.05, 4.69) is 29.4 Å². The quantitative estimate of drug-likeness (QED) is 0.178. The van der Waals surface area contributed by atoms with Crippen LogP contribution in [0.1, 0.15) is 39.0 Å². The molecule has 0 amide bonds. The second kappa shape index (κ2) is 10.7. The van der Waals surface area contributed by atoms with E-state index >= 15 is 0 Å². The van der Waals surface area contributed by atoms with Crippen molar-refractivity contribution in [2.75, 3.05) is 10.8 Å². The minimum Gasteiger partial charge on any atom is -0.459 e. The van der Waals surface area contributed by atoms with Gasteiger partial charge in [-0.3, -0.25) is 9.36 Å². The van der Waals surface area contributed by atoms with Crippen molar-refractivity contribution in [2.24, 2.45) is 0 Å². The highest BCUT2D eigenvalue weighted by molar-refractivity contribution is 8.00. The van der Waals surface area contributed by atoms with E-state index in [9.17, 15) is 4.79 Å². The van der Waals surface area contributed by atoms with E-state index in [0.29, 0.717) is 10.0 Å². The van der Waals surface area contributed by atoms with Gasteiger partial charge in [0.2, 0.25) is 0 Å². The number of rotatable bonds is 7. The molecule has 0 aliphatic carbocycles. The van der Waals surface area contributed by atoms with Gasteiger partial charge in [0.1, 0.15) is 12.1 Å². The molecule has 0 N–H and O–H groups in total. The van der Waals surface area contributed by atoms with Crippen LogP contribution in [0.15, 0.2) is 59.6 Å². The molecule has 0 spiro atoms. The Morgan fingerprint density at radius 2 is 1.78 bits per heavy atom. The summed E-state index contributed by atoms with van der Waals surface area (Å²) in [5, 5.41) is 10.7. The Hall–Kier alpha value is -2.74. The zero-order chi connectivity index (χ0) is 26.0. The Bertz CT molecular complexity index is 1380. The first-order valence-electron chi connectivity index (χ1n) is 11.6. The number of carbonyl (C=O) groups is 1. The highest BCUT2D eigenvalue weighted by Crippen LogP contribution is 2.35. The summed E-state index contributed by atoms with van der Waals surface area (Å²) in [6.07, 6.45) is 2.94. The molecule has 2 aromatic heterocycles. The second-order valence-electron chi connectivity index (χ2n) is 9.43. The fourth-order valence-electron chi connectivity index (χ4n) is 3.81. The van der Waals surface area contributed by atoms with Crippen LogP contribution in [0.5, 0.6) is 0 Å². The molecule has 4 rings (SSSR count). The van der Waals surface area contributed by atoms with Crippen LogP contribution in [-0.2, 0) is 16.0 Å². The number of hydrogen-bond acceptors (Lipinski definition) is 6. The van der Waals surface area contributed by atoms with Gasteiger partial charge >= 0.3 is 5.97 Å². The molecular weight excluding hydrogens is 515 g/mol. The molecule has 188 valence electrons. The molecule has 0 saturated heterocycles. The third-order valence-electron chi connectivity index (χ3n) is 5.31. The molecule has 9 heteroatoms. The fourth-order valence-corrected chi connectivity index (χ4v) is 5.47. The lowest BCUT2D eigenvalue weighted by Gasteiger charge is -2.26. The van der Waals surface area contributed by atoms with E-state index in [1.807, 2.05) is 73.0 Å². The molecule has 36 heavy (non-hydrogen) atoms. The van der Waals surface area contributed by atoms with Gasteiger partial charge in [0.15, 0.2) is 5.82 Å². The Morgan fingerprint density at radius 3 is 2.39 bits per heavy atom.